The van der Waals surface area contributed by atoms with Crippen molar-refractivity contribution in [2.45, 2.75) is 20.8 Å². The average Bonchev–Trinajstić information content (AvgIpc) is 1.96. The molecule has 0 saturated carbocycles. The fraction of sp³-hybridized carbons (Fsp3) is 0.800. The molecule has 12 heavy (non-hydrogen) atoms. The molecule has 2 heteroatoms. The highest BCUT2D eigenvalue weighted by molar-refractivity contribution is 4.90. The van der Waals surface area contributed by atoms with E-state index in [2.05, 4.69) is 25.7 Å². The molecule has 1 unspecified atom stereocenters. The Morgan fingerprint density at radius 1 is 1.50 bits per heavy atom. The molecule has 72 valence electrons. The van der Waals surface area contributed by atoms with Gasteiger partial charge in [0.1, 0.15) is 0 Å². The van der Waals surface area contributed by atoms with Crippen LogP contribution in [0.2, 0.25) is 0 Å². The van der Waals surface area contributed by atoms with Gasteiger partial charge in [-0.25, -0.2) is 0 Å². The van der Waals surface area contributed by atoms with Crippen LogP contribution >= 0.6 is 0 Å². The molecule has 3 N–H and O–H groups in total. The molecule has 0 aromatic carbocycles. The van der Waals surface area contributed by atoms with Gasteiger partial charge in [-0.3, -0.25) is 0 Å². The Hall–Kier alpha value is -0.340. The van der Waals surface area contributed by atoms with Crippen LogP contribution in [-0.4, -0.2) is 19.6 Å². The second kappa shape index (κ2) is 6.21. The van der Waals surface area contributed by atoms with Crippen LogP contribution in [0.3, 0.4) is 0 Å². The van der Waals surface area contributed by atoms with Gasteiger partial charge in [0.25, 0.3) is 0 Å². The quantitative estimate of drug-likeness (QED) is 0.591. The number of rotatable bonds is 6. The minimum absolute atomic E-state index is 0.587. The van der Waals surface area contributed by atoms with Crippen molar-refractivity contribution in [3.63, 3.8) is 0 Å². The fourth-order valence-electron chi connectivity index (χ4n) is 1.06. The SMILES string of the molecule is C=C(C)CNCC(CN)C(C)C. The zero-order chi connectivity index (χ0) is 9.56. The van der Waals surface area contributed by atoms with Gasteiger partial charge in [-0.1, -0.05) is 26.0 Å². The highest BCUT2D eigenvalue weighted by Crippen LogP contribution is 2.07. The zero-order valence-corrected chi connectivity index (χ0v) is 8.56. The van der Waals surface area contributed by atoms with Crippen molar-refractivity contribution in [1.82, 2.24) is 5.32 Å². The Bertz CT molecular complexity index is 130. The lowest BCUT2D eigenvalue weighted by Gasteiger charge is -2.19. The highest BCUT2D eigenvalue weighted by atomic mass is 14.9. The summed E-state index contributed by atoms with van der Waals surface area (Å²) in [5, 5.41) is 3.34. The van der Waals surface area contributed by atoms with Crippen molar-refractivity contribution in [3.05, 3.63) is 12.2 Å². The van der Waals surface area contributed by atoms with Gasteiger partial charge in [0.05, 0.1) is 0 Å². The van der Waals surface area contributed by atoms with Crippen molar-refractivity contribution >= 4 is 0 Å². The van der Waals surface area contributed by atoms with Crippen molar-refractivity contribution in [1.29, 1.82) is 0 Å². The van der Waals surface area contributed by atoms with Crippen LogP contribution in [0.25, 0.3) is 0 Å². The molecule has 0 fully saturated rings. The Balaban J connectivity index is 3.51. The molecule has 0 rings (SSSR count). The third-order valence-electron chi connectivity index (χ3n) is 2.08. The summed E-state index contributed by atoms with van der Waals surface area (Å²) in [7, 11) is 0. The lowest BCUT2D eigenvalue weighted by Crippen LogP contribution is -2.32. The molecule has 0 spiro atoms. The van der Waals surface area contributed by atoms with E-state index in [1.165, 1.54) is 5.57 Å². The van der Waals surface area contributed by atoms with Gasteiger partial charge in [0.15, 0.2) is 0 Å². The lowest BCUT2D eigenvalue weighted by atomic mass is 9.96. The second-order valence-corrected chi connectivity index (χ2v) is 3.83. The Morgan fingerprint density at radius 3 is 2.42 bits per heavy atom. The Labute approximate surface area is 76.2 Å². The molecular weight excluding hydrogens is 148 g/mol. The number of hydrogen-bond acceptors (Lipinski definition) is 2. The Kier molecular flexibility index (Phi) is 6.03. The largest absolute Gasteiger partial charge is 0.330 e. The van der Waals surface area contributed by atoms with Crippen LogP contribution in [0, 0.1) is 11.8 Å². The van der Waals surface area contributed by atoms with Gasteiger partial charge < -0.3 is 11.1 Å². The third-order valence-corrected chi connectivity index (χ3v) is 2.08. The predicted octanol–water partition coefficient (Wildman–Crippen LogP) is 1.38. The molecule has 2 nitrogen and oxygen atoms in total. The van der Waals surface area contributed by atoms with E-state index >= 15 is 0 Å². The van der Waals surface area contributed by atoms with Crippen LogP contribution in [-0.2, 0) is 0 Å². The normalized spacial score (nSPS) is 13.4. The second-order valence-electron chi connectivity index (χ2n) is 3.83. The van der Waals surface area contributed by atoms with Gasteiger partial charge >= 0.3 is 0 Å². The molecule has 0 amide bonds. The molecule has 0 aromatic rings. The first-order valence-electron chi connectivity index (χ1n) is 4.63. The van der Waals surface area contributed by atoms with Crippen molar-refractivity contribution < 1.29 is 0 Å². The molecular formula is C10H22N2. The molecule has 1 atom stereocenters. The maximum Gasteiger partial charge on any atom is 0.0159 e. The number of nitrogens with two attached hydrogens (primary N) is 1. The van der Waals surface area contributed by atoms with E-state index in [0.29, 0.717) is 11.8 Å². The summed E-state index contributed by atoms with van der Waals surface area (Å²) in [6.07, 6.45) is 0. The van der Waals surface area contributed by atoms with E-state index in [0.717, 1.165) is 19.6 Å². The van der Waals surface area contributed by atoms with Crippen LogP contribution in [0.5, 0.6) is 0 Å². The van der Waals surface area contributed by atoms with Crippen molar-refractivity contribution in [2.75, 3.05) is 19.6 Å². The van der Waals surface area contributed by atoms with Gasteiger partial charge in [0.2, 0.25) is 0 Å². The van der Waals surface area contributed by atoms with Gasteiger partial charge in [-0.05, 0) is 31.8 Å². The van der Waals surface area contributed by atoms with Crippen LogP contribution in [0.1, 0.15) is 20.8 Å². The maximum absolute atomic E-state index is 5.63. The summed E-state index contributed by atoms with van der Waals surface area (Å²) in [4.78, 5) is 0. The molecule has 0 radical (unpaired) electrons. The highest BCUT2D eigenvalue weighted by Gasteiger charge is 2.09. The molecule has 0 aliphatic rings. The third kappa shape index (κ3) is 5.33. The van der Waals surface area contributed by atoms with Gasteiger partial charge in [-0.15, -0.1) is 0 Å². The smallest absolute Gasteiger partial charge is 0.0159 e. The Morgan fingerprint density at radius 2 is 2.08 bits per heavy atom. The molecule has 0 saturated heterocycles. The summed E-state index contributed by atoms with van der Waals surface area (Å²) < 4.78 is 0. The summed E-state index contributed by atoms with van der Waals surface area (Å²) in [6, 6.07) is 0. The first kappa shape index (κ1) is 11.7. The van der Waals surface area contributed by atoms with E-state index < -0.39 is 0 Å². The monoisotopic (exact) mass is 170 g/mol. The van der Waals surface area contributed by atoms with Gasteiger partial charge in [0, 0.05) is 6.54 Å². The van der Waals surface area contributed by atoms with Gasteiger partial charge in [-0.2, -0.15) is 0 Å². The topological polar surface area (TPSA) is 38.0 Å². The van der Waals surface area contributed by atoms with E-state index in [-0.39, 0.29) is 0 Å². The van der Waals surface area contributed by atoms with Crippen LogP contribution in [0.15, 0.2) is 12.2 Å². The summed E-state index contributed by atoms with van der Waals surface area (Å²) in [5.41, 5.74) is 6.80. The summed E-state index contributed by atoms with van der Waals surface area (Å²) in [5.74, 6) is 1.25. The molecule has 0 aliphatic heterocycles. The first-order valence-corrected chi connectivity index (χ1v) is 4.63. The molecule has 0 aromatic heterocycles. The fourth-order valence-corrected chi connectivity index (χ4v) is 1.06. The van der Waals surface area contributed by atoms with Crippen molar-refractivity contribution in [3.8, 4) is 0 Å². The summed E-state index contributed by atoms with van der Waals surface area (Å²) in [6.45, 7) is 12.9. The molecule has 0 heterocycles. The molecule has 0 bridgehead atoms. The van der Waals surface area contributed by atoms with E-state index in [4.69, 9.17) is 5.73 Å². The molecule has 0 aliphatic carbocycles. The van der Waals surface area contributed by atoms with E-state index in [1.54, 1.807) is 0 Å². The summed E-state index contributed by atoms with van der Waals surface area (Å²) >= 11 is 0. The minimum Gasteiger partial charge on any atom is -0.330 e. The maximum atomic E-state index is 5.63. The average molecular weight is 170 g/mol. The predicted molar refractivity (Wildman–Crippen MR) is 55.1 cm³/mol. The number of nitrogens with one attached hydrogen (secondary N) is 1. The zero-order valence-electron chi connectivity index (χ0n) is 8.56. The standard InChI is InChI=1S/C10H22N2/c1-8(2)6-12-7-10(5-11)9(3)4/h9-10,12H,1,5-7,11H2,2-4H3. The minimum atomic E-state index is 0.587. The first-order chi connectivity index (χ1) is 5.57. The van der Waals surface area contributed by atoms with Crippen molar-refractivity contribution in [2.24, 2.45) is 17.6 Å². The van der Waals surface area contributed by atoms with E-state index in [1.807, 2.05) is 6.92 Å². The van der Waals surface area contributed by atoms with Crippen LogP contribution in [0.4, 0.5) is 0 Å². The van der Waals surface area contributed by atoms with Crippen LogP contribution < -0.4 is 11.1 Å². The number of hydrogen-bond donors (Lipinski definition) is 2. The lowest BCUT2D eigenvalue weighted by molar-refractivity contribution is 0.376. The van der Waals surface area contributed by atoms with E-state index in [9.17, 15) is 0 Å².